The molecular formula is C10H17N. The molecule has 1 heterocycles. The highest BCUT2D eigenvalue weighted by molar-refractivity contribution is 5.08. The number of hydrogen-bond donors (Lipinski definition) is 1. The molecule has 1 N–H and O–H groups in total. The third-order valence-corrected chi connectivity index (χ3v) is 4.23. The monoisotopic (exact) mass is 151 g/mol. The normalized spacial score (nSPS) is 54.5. The molecule has 0 aromatic carbocycles. The second-order valence-corrected chi connectivity index (χ2v) is 4.78. The van der Waals surface area contributed by atoms with E-state index in [0.29, 0.717) is 0 Å². The number of nitrogens with one attached hydrogen (secondary N) is 1. The molecule has 0 amide bonds. The van der Waals surface area contributed by atoms with Gasteiger partial charge in [-0.15, -0.1) is 0 Å². The lowest BCUT2D eigenvalue weighted by Crippen LogP contribution is -2.40. The maximum Gasteiger partial charge on any atom is 0.00106 e. The van der Waals surface area contributed by atoms with Crippen LogP contribution in [0.2, 0.25) is 0 Å². The highest BCUT2D eigenvalue weighted by Crippen LogP contribution is 2.64. The fourth-order valence-corrected chi connectivity index (χ4v) is 3.50. The highest BCUT2D eigenvalue weighted by atomic mass is 14.9. The zero-order chi connectivity index (χ0) is 7.31. The van der Waals surface area contributed by atoms with Crippen molar-refractivity contribution in [2.75, 3.05) is 13.1 Å². The molecular weight excluding hydrogens is 134 g/mol. The van der Waals surface area contributed by atoms with Crippen molar-refractivity contribution in [1.82, 2.24) is 5.32 Å². The highest BCUT2D eigenvalue weighted by Gasteiger charge is 2.57. The minimum atomic E-state index is 0.795. The Hall–Kier alpha value is -0.0400. The predicted molar refractivity (Wildman–Crippen MR) is 45.4 cm³/mol. The van der Waals surface area contributed by atoms with Gasteiger partial charge in [0.05, 0.1) is 0 Å². The molecule has 62 valence electrons. The van der Waals surface area contributed by atoms with Gasteiger partial charge in [-0.1, -0.05) is 0 Å². The first-order valence-electron chi connectivity index (χ1n) is 5.11. The molecule has 1 nitrogen and oxygen atoms in total. The number of rotatable bonds is 0. The average molecular weight is 151 g/mol. The molecule has 1 aliphatic heterocycles. The molecule has 0 radical (unpaired) electrons. The lowest BCUT2D eigenvalue weighted by atomic mass is 9.76. The summed E-state index contributed by atoms with van der Waals surface area (Å²) >= 11 is 0. The van der Waals surface area contributed by atoms with Gasteiger partial charge in [0.1, 0.15) is 0 Å². The molecule has 3 rings (SSSR count). The smallest absolute Gasteiger partial charge is 0.00106 e. The third-order valence-electron chi connectivity index (χ3n) is 4.23. The zero-order valence-electron chi connectivity index (χ0n) is 7.10. The molecule has 3 atom stereocenters. The fourth-order valence-electron chi connectivity index (χ4n) is 3.50. The Bertz CT molecular complexity index is 170. The second kappa shape index (κ2) is 2.01. The van der Waals surface area contributed by atoms with E-state index in [1.807, 2.05) is 0 Å². The van der Waals surface area contributed by atoms with Crippen molar-refractivity contribution in [2.45, 2.75) is 32.1 Å². The topological polar surface area (TPSA) is 12.0 Å². The first kappa shape index (κ1) is 6.47. The van der Waals surface area contributed by atoms with E-state index in [2.05, 4.69) is 5.32 Å². The Morgan fingerprint density at radius 3 is 2.82 bits per heavy atom. The van der Waals surface area contributed by atoms with Gasteiger partial charge in [0.2, 0.25) is 0 Å². The molecule has 2 aliphatic carbocycles. The van der Waals surface area contributed by atoms with Gasteiger partial charge in [0.15, 0.2) is 0 Å². The number of piperidine rings is 1. The molecule has 3 aliphatic rings. The van der Waals surface area contributed by atoms with Crippen LogP contribution in [0.4, 0.5) is 0 Å². The average Bonchev–Trinajstić information content (AvgIpc) is 2.77. The first-order chi connectivity index (χ1) is 5.41. The zero-order valence-corrected chi connectivity index (χ0v) is 7.10. The Kier molecular flexibility index (Phi) is 1.18. The first-order valence-corrected chi connectivity index (χ1v) is 5.11. The van der Waals surface area contributed by atoms with Crippen LogP contribution < -0.4 is 5.32 Å². The Morgan fingerprint density at radius 2 is 2.27 bits per heavy atom. The summed E-state index contributed by atoms with van der Waals surface area (Å²) in [4.78, 5) is 0. The van der Waals surface area contributed by atoms with Crippen molar-refractivity contribution in [3.63, 3.8) is 0 Å². The van der Waals surface area contributed by atoms with Gasteiger partial charge < -0.3 is 5.32 Å². The van der Waals surface area contributed by atoms with Crippen LogP contribution in [-0.4, -0.2) is 13.1 Å². The SMILES string of the molecule is C1CNCC2(C1)CCC1CC12. The van der Waals surface area contributed by atoms with Crippen LogP contribution >= 0.6 is 0 Å². The van der Waals surface area contributed by atoms with Gasteiger partial charge in [-0.3, -0.25) is 0 Å². The Balaban J connectivity index is 1.81. The summed E-state index contributed by atoms with van der Waals surface area (Å²) in [5, 5.41) is 3.57. The van der Waals surface area contributed by atoms with Crippen LogP contribution in [0.25, 0.3) is 0 Å². The van der Waals surface area contributed by atoms with E-state index in [4.69, 9.17) is 0 Å². The van der Waals surface area contributed by atoms with Gasteiger partial charge in [0, 0.05) is 6.54 Å². The van der Waals surface area contributed by atoms with Crippen LogP contribution in [0.3, 0.4) is 0 Å². The standard InChI is InChI=1S/C10H17N/c1-3-10(7-11-5-1)4-2-8-6-9(8)10/h8-9,11H,1-7H2. The summed E-state index contributed by atoms with van der Waals surface area (Å²) in [6.07, 6.45) is 7.62. The molecule has 3 fully saturated rings. The molecule has 1 saturated heterocycles. The summed E-state index contributed by atoms with van der Waals surface area (Å²) < 4.78 is 0. The maximum atomic E-state index is 3.57. The Labute approximate surface area is 68.6 Å². The second-order valence-electron chi connectivity index (χ2n) is 4.78. The summed E-state index contributed by atoms with van der Waals surface area (Å²) in [5.41, 5.74) is 0.795. The van der Waals surface area contributed by atoms with Gasteiger partial charge in [-0.25, -0.2) is 0 Å². The predicted octanol–water partition coefficient (Wildman–Crippen LogP) is 1.79. The summed E-state index contributed by atoms with van der Waals surface area (Å²) in [6, 6.07) is 0. The number of hydrogen-bond acceptors (Lipinski definition) is 1. The molecule has 1 heteroatoms. The molecule has 3 unspecified atom stereocenters. The summed E-state index contributed by atoms with van der Waals surface area (Å²) in [5.74, 6) is 2.31. The van der Waals surface area contributed by atoms with Crippen molar-refractivity contribution in [1.29, 1.82) is 0 Å². The van der Waals surface area contributed by atoms with Crippen molar-refractivity contribution < 1.29 is 0 Å². The molecule has 0 aromatic heterocycles. The minimum Gasteiger partial charge on any atom is -0.316 e. The van der Waals surface area contributed by atoms with Crippen molar-refractivity contribution in [3.8, 4) is 0 Å². The van der Waals surface area contributed by atoms with Gasteiger partial charge in [0.25, 0.3) is 0 Å². The van der Waals surface area contributed by atoms with Crippen LogP contribution in [0, 0.1) is 17.3 Å². The molecule has 1 spiro atoms. The quantitative estimate of drug-likeness (QED) is 0.556. The van der Waals surface area contributed by atoms with E-state index in [-0.39, 0.29) is 0 Å². The van der Waals surface area contributed by atoms with Gasteiger partial charge in [-0.05, 0) is 55.9 Å². The molecule has 11 heavy (non-hydrogen) atoms. The Morgan fingerprint density at radius 1 is 1.27 bits per heavy atom. The summed E-state index contributed by atoms with van der Waals surface area (Å²) in [7, 11) is 0. The van der Waals surface area contributed by atoms with Crippen LogP contribution in [-0.2, 0) is 0 Å². The van der Waals surface area contributed by atoms with Crippen LogP contribution in [0.1, 0.15) is 32.1 Å². The van der Waals surface area contributed by atoms with Crippen LogP contribution in [0.5, 0.6) is 0 Å². The largest absolute Gasteiger partial charge is 0.316 e. The minimum absolute atomic E-state index is 0.795. The molecule has 2 saturated carbocycles. The van der Waals surface area contributed by atoms with Crippen molar-refractivity contribution >= 4 is 0 Å². The van der Waals surface area contributed by atoms with Gasteiger partial charge in [-0.2, -0.15) is 0 Å². The third kappa shape index (κ3) is 0.807. The van der Waals surface area contributed by atoms with E-state index < -0.39 is 0 Å². The van der Waals surface area contributed by atoms with E-state index in [1.165, 1.54) is 32.4 Å². The van der Waals surface area contributed by atoms with Gasteiger partial charge >= 0.3 is 0 Å². The van der Waals surface area contributed by atoms with Crippen molar-refractivity contribution in [2.24, 2.45) is 17.3 Å². The molecule has 0 aromatic rings. The lowest BCUT2D eigenvalue weighted by Gasteiger charge is -2.35. The lowest BCUT2D eigenvalue weighted by molar-refractivity contribution is 0.182. The molecule has 0 bridgehead atoms. The summed E-state index contributed by atoms with van der Waals surface area (Å²) in [6.45, 7) is 2.62. The number of fused-ring (bicyclic) bond motifs is 2. The van der Waals surface area contributed by atoms with Crippen molar-refractivity contribution in [3.05, 3.63) is 0 Å². The van der Waals surface area contributed by atoms with E-state index in [0.717, 1.165) is 17.3 Å². The fraction of sp³-hybridized carbons (Fsp3) is 1.00. The van der Waals surface area contributed by atoms with E-state index in [9.17, 15) is 0 Å². The van der Waals surface area contributed by atoms with Crippen LogP contribution in [0.15, 0.2) is 0 Å². The van der Waals surface area contributed by atoms with E-state index >= 15 is 0 Å². The van der Waals surface area contributed by atoms with E-state index in [1.54, 1.807) is 12.8 Å². The maximum absolute atomic E-state index is 3.57.